The Kier molecular flexibility index (Phi) is 6.29. The number of likely N-dealkylation sites (tertiary alicyclic amines) is 1. The molecular weight excluding hydrogens is 398 g/mol. The van der Waals surface area contributed by atoms with E-state index in [1.54, 1.807) is 12.1 Å². The zero-order valence-electron chi connectivity index (χ0n) is 17.6. The fourth-order valence-corrected chi connectivity index (χ4v) is 6.24. The predicted octanol–water partition coefficient (Wildman–Crippen LogP) is 3.37. The smallest absolute Gasteiger partial charge is 0.265 e. The van der Waals surface area contributed by atoms with Crippen molar-refractivity contribution in [3.8, 4) is 0 Å². The van der Waals surface area contributed by atoms with Crippen LogP contribution < -0.4 is 9.62 Å². The second-order valence-corrected chi connectivity index (χ2v) is 10.4. The number of anilines is 1. The molecule has 30 heavy (non-hydrogen) atoms. The lowest BCUT2D eigenvalue weighted by molar-refractivity contribution is -0.121. The molecule has 2 heterocycles. The van der Waals surface area contributed by atoms with Crippen LogP contribution in [-0.4, -0.2) is 51.9 Å². The number of nitrogens with zero attached hydrogens (tertiary/aromatic N) is 2. The van der Waals surface area contributed by atoms with Gasteiger partial charge >= 0.3 is 0 Å². The fourth-order valence-electron chi connectivity index (χ4n) is 4.49. The van der Waals surface area contributed by atoms with Gasteiger partial charge in [0.2, 0.25) is 5.91 Å². The number of amides is 1. The van der Waals surface area contributed by atoms with Gasteiger partial charge in [-0.15, -0.1) is 0 Å². The Balaban J connectivity index is 1.23. The summed E-state index contributed by atoms with van der Waals surface area (Å²) >= 11 is 0. The van der Waals surface area contributed by atoms with E-state index in [9.17, 15) is 13.2 Å². The number of rotatable bonds is 8. The van der Waals surface area contributed by atoms with Gasteiger partial charge in [0.15, 0.2) is 0 Å². The van der Waals surface area contributed by atoms with Gasteiger partial charge in [-0.05, 0) is 68.8 Å². The first-order valence-corrected chi connectivity index (χ1v) is 12.4. The molecule has 0 bridgehead atoms. The summed E-state index contributed by atoms with van der Waals surface area (Å²) in [6, 6.07) is 11.0. The normalized spacial score (nSPS) is 18.8. The number of piperidine rings is 1. The van der Waals surface area contributed by atoms with E-state index in [4.69, 9.17) is 0 Å². The highest BCUT2D eigenvalue weighted by Gasteiger charge is 2.35. The molecule has 1 fully saturated rings. The van der Waals surface area contributed by atoms with Crippen molar-refractivity contribution in [2.45, 2.75) is 43.9 Å². The van der Waals surface area contributed by atoms with E-state index in [-0.39, 0.29) is 5.91 Å². The van der Waals surface area contributed by atoms with Gasteiger partial charge in [0.1, 0.15) is 0 Å². The van der Waals surface area contributed by atoms with Gasteiger partial charge in [0.05, 0.1) is 10.6 Å². The molecule has 0 aromatic heterocycles. The van der Waals surface area contributed by atoms with Crippen LogP contribution in [0.4, 0.5) is 5.69 Å². The molecule has 6 nitrogen and oxygen atoms in total. The maximum Gasteiger partial charge on any atom is 0.265 e. The van der Waals surface area contributed by atoms with Crippen LogP contribution in [-0.2, 0) is 14.8 Å². The van der Waals surface area contributed by atoms with E-state index in [2.05, 4.69) is 17.1 Å². The molecule has 1 N–H and O–H groups in total. The Morgan fingerprint density at radius 2 is 1.80 bits per heavy atom. The second kappa shape index (κ2) is 8.94. The third-order valence-electron chi connectivity index (χ3n) is 6.30. The summed E-state index contributed by atoms with van der Waals surface area (Å²) in [6.45, 7) is 6.65. The minimum atomic E-state index is -3.54. The molecule has 4 rings (SSSR count). The Bertz CT molecular complexity index is 1010. The molecule has 2 aliphatic heterocycles. The van der Waals surface area contributed by atoms with Gasteiger partial charge in [-0.1, -0.05) is 31.2 Å². The van der Waals surface area contributed by atoms with E-state index < -0.39 is 10.0 Å². The van der Waals surface area contributed by atoms with Gasteiger partial charge in [0.25, 0.3) is 10.0 Å². The van der Waals surface area contributed by atoms with Crippen LogP contribution in [0.2, 0.25) is 0 Å². The number of carbonyl (C=O) groups is 1. The summed E-state index contributed by atoms with van der Waals surface area (Å²) in [5.41, 5.74) is 0.722. The van der Waals surface area contributed by atoms with Crippen LogP contribution >= 0.6 is 0 Å². The molecule has 2 aromatic carbocycles. The molecule has 7 heteroatoms. The zero-order valence-corrected chi connectivity index (χ0v) is 18.5. The van der Waals surface area contributed by atoms with Crippen LogP contribution in [0.3, 0.4) is 0 Å². The lowest BCUT2D eigenvalue weighted by Gasteiger charge is -2.30. The Morgan fingerprint density at radius 3 is 2.57 bits per heavy atom. The number of carbonyl (C=O) groups excluding carboxylic acids is 1. The van der Waals surface area contributed by atoms with Gasteiger partial charge in [-0.25, -0.2) is 8.42 Å². The third kappa shape index (κ3) is 4.32. The van der Waals surface area contributed by atoms with Crippen LogP contribution in [0.1, 0.15) is 39.0 Å². The van der Waals surface area contributed by atoms with E-state index >= 15 is 0 Å². The van der Waals surface area contributed by atoms with Gasteiger partial charge in [-0.2, -0.15) is 0 Å². The second-order valence-electron chi connectivity index (χ2n) is 8.54. The highest BCUT2D eigenvalue weighted by atomic mass is 32.2. The molecule has 2 aliphatic rings. The Labute approximate surface area is 179 Å². The Hall–Kier alpha value is -2.12. The Morgan fingerprint density at radius 1 is 1.07 bits per heavy atom. The lowest BCUT2D eigenvalue weighted by Crippen LogP contribution is -2.35. The van der Waals surface area contributed by atoms with E-state index in [1.807, 2.05) is 24.3 Å². The number of sulfonamides is 1. The van der Waals surface area contributed by atoms with Gasteiger partial charge < -0.3 is 10.2 Å². The topological polar surface area (TPSA) is 69.7 Å². The number of hydrogen-bond donors (Lipinski definition) is 1. The standard InChI is InChI=1S/C23H31N3O3S/c1-18-11-16-25(17-12-18)14-5-13-24-22(27)10-4-15-26-20-8-2-6-19-7-3-9-21(23(19)20)30(26,28)29/h2-3,6-9,18H,4-5,10-17H2,1H3,(H,24,27). The van der Waals surface area contributed by atoms with Crippen LogP contribution in [0.25, 0.3) is 10.8 Å². The molecule has 1 saturated heterocycles. The number of benzene rings is 2. The maximum atomic E-state index is 12.9. The molecule has 0 saturated carbocycles. The minimum Gasteiger partial charge on any atom is -0.356 e. The molecule has 0 radical (unpaired) electrons. The van der Waals surface area contributed by atoms with Crippen molar-refractivity contribution in [1.82, 2.24) is 10.2 Å². The molecule has 162 valence electrons. The fraction of sp³-hybridized carbons (Fsp3) is 0.522. The quantitative estimate of drug-likeness (QED) is 0.653. The van der Waals surface area contributed by atoms with Crippen molar-refractivity contribution < 1.29 is 13.2 Å². The molecule has 1 amide bonds. The first kappa shape index (κ1) is 21.1. The molecule has 0 unspecified atom stereocenters. The zero-order chi connectivity index (χ0) is 21.1. The van der Waals surface area contributed by atoms with Crippen LogP contribution in [0.5, 0.6) is 0 Å². The summed E-state index contributed by atoms with van der Waals surface area (Å²) in [5, 5.41) is 4.70. The van der Waals surface area contributed by atoms with Crippen LogP contribution in [0, 0.1) is 5.92 Å². The van der Waals surface area contributed by atoms with Crippen LogP contribution in [0.15, 0.2) is 41.3 Å². The van der Waals surface area contributed by atoms with Crippen molar-refractivity contribution in [1.29, 1.82) is 0 Å². The van der Waals surface area contributed by atoms with E-state index in [0.29, 0.717) is 30.8 Å². The average molecular weight is 430 g/mol. The lowest BCUT2D eigenvalue weighted by atomic mass is 9.99. The molecular formula is C23H31N3O3S. The van der Waals surface area contributed by atoms with Crippen molar-refractivity contribution >= 4 is 32.4 Å². The summed E-state index contributed by atoms with van der Waals surface area (Å²) < 4.78 is 27.3. The van der Waals surface area contributed by atoms with Gasteiger partial charge in [0, 0.05) is 24.9 Å². The SMILES string of the molecule is CC1CCN(CCCNC(=O)CCCN2c3cccc4cccc(c34)S2(=O)=O)CC1. The highest BCUT2D eigenvalue weighted by Crippen LogP contribution is 2.41. The van der Waals surface area contributed by atoms with Crippen molar-refractivity contribution in [2.24, 2.45) is 5.92 Å². The third-order valence-corrected chi connectivity index (χ3v) is 8.15. The number of nitrogens with one attached hydrogen (secondary N) is 1. The molecule has 0 aliphatic carbocycles. The summed E-state index contributed by atoms with van der Waals surface area (Å²) in [6.07, 6.45) is 4.32. The predicted molar refractivity (Wildman–Crippen MR) is 120 cm³/mol. The average Bonchev–Trinajstić information content (AvgIpc) is 2.96. The molecule has 2 aromatic rings. The van der Waals surface area contributed by atoms with E-state index in [0.717, 1.165) is 48.4 Å². The first-order valence-electron chi connectivity index (χ1n) is 11.0. The largest absolute Gasteiger partial charge is 0.356 e. The summed E-state index contributed by atoms with van der Waals surface area (Å²) in [7, 11) is -3.54. The van der Waals surface area contributed by atoms with Crippen molar-refractivity contribution in [3.63, 3.8) is 0 Å². The minimum absolute atomic E-state index is 0.00501. The van der Waals surface area contributed by atoms with Crippen molar-refractivity contribution in [2.75, 3.05) is 37.0 Å². The van der Waals surface area contributed by atoms with E-state index in [1.165, 1.54) is 17.1 Å². The number of hydrogen-bond acceptors (Lipinski definition) is 4. The molecule has 0 spiro atoms. The maximum absolute atomic E-state index is 12.9. The highest BCUT2D eigenvalue weighted by molar-refractivity contribution is 7.93. The van der Waals surface area contributed by atoms with Gasteiger partial charge in [-0.3, -0.25) is 9.10 Å². The van der Waals surface area contributed by atoms with Crippen molar-refractivity contribution in [3.05, 3.63) is 36.4 Å². The molecule has 0 atom stereocenters. The first-order chi connectivity index (χ1) is 14.5. The monoisotopic (exact) mass is 429 g/mol. The summed E-state index contributed by atoms with van der Waals surface area (Å²) in [5.74, 6) is 0.828. The summed E-state index contributed by atoms with van der Waals surface area (Å²) in [4.78, 5) is 15.0.